The average molecular weight is 390 g/mol. The number of carbonyl (C=O) groups excluding carboxylic acids is 1. The summed E-state index contributed by atoms with van der Waals surface area (Å²) in [5.41, 5.74) is 3.25. The van der Waals surface area contributed by atoms with Crippen LogP contribution in [-0.2, 0) is 13.1 Å². The van der Waals surface area contributed by atoms with Crippen LogP contribution in [0.1, 0.15) is 24.0 Å². The second-order valence-corrected chi connectivity index (χ2v) is 7.56. The molecule has 0 aliphatic carbocycles. The van der Waals surface area contributed by atoms with Crippen LogP contribution >= 0.6 is 0 Å². The molecule has 0 saturated carbocycles. The lowest BCUT2D eigenvalue weighted by Gasteiger charge is -2.33. The summed E-state index contributed by atoms with van der Waals surface area (Å²) < 4.78 is 1.87. The smallest absolute Gasteiger partial charge is 0.319 e. The van der Waals surface area contributed by atoms with E-state index in [1.165, 1.54) is 5.56 Å². The van der Waals surface area contributed by atoms with Gasteiger partial charge in [-0.15, -0.1) is 0 Å². The molecule has 1 atom stereocenters. The summed E-state index contributed by atoms with van der Waals surface area (Å²) in [5, 5.41) is 10.3. The lowest BCUT2D eigenvalue weighted by atomic mass is 10.0. The van der Waals surface area contributed by atoms with Crippen molar-refractivity contribution in [1.29, 1.82) is 0 Å². The summed E-state index contributed by atoms with van der Waals surface area (Å²) in [6.45, 7) is 3.61. The van der Waals surface area contributed by atoms with E-state index in [1.54, 1.807) is 6.20 Å². The molecule has 29 heavy (non-hydrogen) atoms. The first-order valence-corrected chi connectivity index (χ1v) is 10.1. The van der Waals surface area contributed by atoms with Crippen LogP contribution < -0.4 is 10.6 Å². The third-order valence-electron chi connectivity index (χ3n) is 5.21. The van der Waals surface area contributed by atoms with Crippen molar-refractivity contribution in [3.8, 4) is 0 Å². The van der Waals surface area contributed by atoms with Gasteiger partial charge in [0.15, 0.2) is 0 Å². The number of benzene rings is 2. The first-order valence-electron chi connectivity index (χ1n) is 10.1. The standard InChI is InChI=1S/C23H27N5O/c29-23(25-21-11-9-20(10-12-21)17-28-15-5-13-24-28)26-22-8-4-14-27(18-22)16-19-6-2-1-3-7-19/h1-3,5-7,9-13,15,22H,4,8,14,16-18H2,(H2,25,26,29). The highest BCUT2D eigenvalue weighted by Gasteiger charge is 2.21. The number of nitrogens with one attached hydrogen (secondary N) is 2. The predicted molar refractivity (Wildman–Crippen MR) is 115 cm³/mol. The lowest BCUT2D eigenvalue weighted by Crippen LogP contribution is -2.48. The third kappa shape index (κ3) is 5.68. The van der Waals surface area contributed by atoms with E-state index in [4.69, 9.17) is 0 Å². The molecule has 2 N–H and O–H groups in total. The predicted octanol–water partition coefficient (Wildman–Crippen LogP) is 3.72. The molecule has 1 aliphatic heterocycles. The Morgan fingerprint density at radius 1 is 1.00 bits per heavy atom. The van der Waals surface area contributed by atoms with Gasteiger partial charge in [0.2, 0.25) is 0 Å². The molecule has 2 aromatic carbocycles. The number of anilines is 1. The van der Waals surface area contributed by atoms with Crippen LogP contribution in [0.15, 0.2) is 73.1 Å². The van der Waals surface area contributed by atoms with Gasteiger partial charge < -0.3 is 10.6 Å². The maximum atomic E-state index is 12.4. The van der Waals surface area contributed by atoms with Crippen LogP contribution in [0.25, 0.3) is 0 Å². The van der Waals surface area contributed by atoms with Gasteiger partial charge in [-0.1, -0.05) is 42.5 Å². The fraction of sp³-hybridized carbons (Fsp3) is 0.304. The van der Waals surface area contributed by atoms with Crippen LogP contribution in [0.3, 0.4) is 0 Å². The lowest BCUT2D eigenvalue weighted by molar-refractivity contribution is 0.183. The molecule has 6 nitrogen and oxygen atoms in total. The minimum Gasteiger partial charge on any atom is -0.334 e. The number of likely N-dealkylation sites (tertiary alicyclic amines) is 1. The van der Waals surface area contributed by atoms with E-state index < -0.39 is 0 Å². The summed E-state index contributed by atoms with van der Waals surface area (Å²) >= 11 is 0. The Labute approximate surface area is 171 Å². The van der Waals surface area contributed by atoms with E-state index in [0.717, 1.165) is 50.3 Å². The van der Waals surface area contributed by atoms with E-state index in [2.05, 4.69) is 44.9 Å². The van der Waals surface area contributed by atoms with E-state index in [-0.39, 0.29) is 12.1 Å². The third-order valence-corrected chi connectivity index (χ3v) is 5.21. The second kappa shape index (κ2) is 9.39. The molecule has 1 aromatic heterocycles. The number of piperidine rings is 1. The van der Waals surface area contributed by atoms with Crippen molar-refractivity contribution in [2.75, 3.05) is 18.4 Å². The number of amides is 2. The molecule has 0 bridgehead atoms. The van der Waals surface area contributed by atoms with Crippen LogP contribution in [-0.4, -0.2) is 39.8 Å². The summed E-state index contributed by atoms with van der Waals surface area (Å²) in [6.07, 6.45) is 5.82. The Balaban J connectivity index is 1.25. The van der Waals surface area contributed by atoms with Gasteiger partial charge in [-0.2, -0.15) is 5.10 Å². The van der Waals surface area contributed by atoms with Crippen molar-refractivity contribution in [1.82, 2.24) is 20.0 Å². The topological polar surface area (TPSA) is 62.2 Å². The molecule has 1 unspecified atom stereocenters. The number of hydrogen-bond donors (Lipinski definition) is 2. The maximum absolute atomic E-state index is 12.4. The fourth-order valence-corrected chi connectivity index (χ4v) is 3.79. The van der Waals surface area contributed by atoms with Crippen LogP contribution in [0.5, 0.6) is 0 Å². The zero-order chi connectivity index (χ0) is 19.9. The average Bonchev–Trinajstić information content (AvgIpc) is 3.23. The molecule has 6 heteroatoms. The Bertz CT molecular complexity index is 893. The monoisotopic (exact) mass is 389 g/mol. The Hall–Kier alpha value is -3.12. The quantitative estimate of drug-likeness (QED) is 0.675. The molecular weight excluding hydrogens is 362 g/mol. The highest BCUT2D eigenvalue weighted by atomic mass is 16.2. The molecule has 1 saturated heterocycles. The summed E-state index contributed by atoms with van der Waals surface area (Å²) in [4.78, 5) is 14.8. The Morgan fingerprint density at radius 3 is 2.55 bits per heavy atom. The second-order valence-electron chi connectivity index (χ2n) is 7.56. The minimum atomic E-state index is -0.142. The molecule has 0 radical (unpaired) electrons. The van der Waals surface area contributed by atoms with E-state index in [9.17, 15) is 4.79 Å². The number of nitrogens with zero attached hydrogens (tertiary/aromatic N) is 3. The highest BCUT2D eigenvalue weighted by Crippen LogP contribution is 2.15. The largest absolute Gasteiger partial charge is 0.334 e. The molecule has 2 amide bonds. The summed E-state index contributed by atoms with van der Waals surface area (Å²) in [5.74, 6) is 0. The Morgan fingerprint density at radius 2 is 1.79 bits per heavy atom. The molecular formula is C23H27N5O. The molecule has 2 heterocycles. The van der Waals surface area contributed by atoms with Gasteiger partial charge in [0, 0.05) is 37.2 Å². The zero-order valence-corrected chi connectivity index (χ0v) is 16.5. The van der Waals surface area contributed by atoms with Crippen LogP contribution in [0.4, 0.5) is 10.5 Å². The SMILES string of the molecule is O=C(Nc1ccc(Cn2cccn2)cc1)NC1CCCN(Cc2ccccc2)C1. The first-order chi connectivity index (χ1) is 14.2. The zero-order valence-electron chi connectivity index (χ0n) is 16.5. The Kier molecular flexibility index (Phi) is 6.22. The summed E-state index contributed by atoms with van der Waals surface area (Å²) in [6, 6.07) is 20.3. The molecule has 1 fully saturated rings. The molecule has 3 aromatic rings. The van der Waals surface area contributed by atoms with E-state index in [1.807, 2.05) is 47.3 Å². The number of urea groups is 1. The minimum absolute atomic E-state index is 0.142. The number of hydrogen-bond acceptors (Lipinski definition) is 3. The highest BCUT2D eigenvalue weighted by molar-refractivity contribution is 5.89. The number of rotatable bonds is 6. The van der Waals surface area contributed by atoms with Gasteiger partial charge in [0.25, 0.3) is 0 Å². The molecule has 4 rings (SSSR count). The van der Waals surface area contributed by atoms with Gasteiger partial charge in [0.1, 0.15) is 0 Å². The van der Waals surface area contributed by atoms with Crippen molar-refractivity contribution in [3.63, 3.8) is 0 Å². The molecule has 150 valence electrons. The van der Waals surface area contributed by atoms with Crippen molar-refractivity contribution in [2.24, 2.45) is 0 Å². The first kappa shape index (κ1) is 19.2. The van der Waals surface area contributed by atoms with Gasteiger partial charge in [-0.3, -0.25) is 9.58 Å². The summed E-state index contributed by atoms with van der Waals surface area (Å²) in [7, 11) is 0. The van der Waals surface area contributed by atoms with Crippen molar-refractivity contribution in [3.05, 3.63) is 84.2 Å². The van der Waals surface area contributed by atoms with Crippen molar-refractivity contribution < 1.29 is 4.79 Å². The van der Waals surface area contributed by atoms with Gasteiger partial charge in [0.05, 0.1) is 6.54 Å². The normalized spacial score (nSPS) is 17.0. The molecule has 1 aliphatic rings. The van der Waals surface area contributed by atoms with Gasteiger partial charge >= 0.3 is 6.03 Å². The van der Waals surface area contributed by atoms with Crippen molar-refractivity contribution >= 4 is 11.7 Å². The van der Waals surface area contributed by atoms with E-state index in [0.29, 0.717) is 0 Å². The number of aromatic nitrogens is 2. The van der Waals surface area contributed by atoms with Gasteiger partial charge in [-0.05, 0) is 48.7 Å². The van der Waals surface area contributed by atoms with Crippen LogP contribution in [0, 0.1) is 0 Å². The number of carbonyl (C=O) groups is 1. The van der Waals surface area contributed by atoms with Gasteiger partial charge in [-0.25, -0.2) is 4.79 Å². The fourth-order valence-electron chi connectivity index (χ4n) is 3.79. The maximum Gasteiger partial charge on any atom is 0.319 e. The van der Waals surface area contributed by atoms with Crippen LogP contribution in [0.2, 0.25) is 0 Å². The van der Waals surface area contributed by atoms with E-state index >= 15 is 0 Å². The molecule has 0 spiro atoms. The van der Waals surface area contributed by atoms with Crippen molar-refractivity contribution in [2.45, 2.75) is 32.0 Å².